The van der Waals surface area contributed by atoms with Crippen LogP contribution in [0.15, 0.2) is 31.4 Å². The Bertz CT molecular complexity index is 1450. The third kappa shape index (κ3) is 4.53. The number of benzene rings is 1. The molecule has 2 N–H and O–H groups in total. The quantitative estimate of drug-likeness (QED) is 0.351. The Morgan fingerprint density at radius 3 is 2.61 bits per heavy atom. The molecule has 1 aliphatic rings. The van der Waals surface area contributed by atoms with Crippen molar-refractivity contribution >= 4 is 49.9 Å². The van der Waals surface area contributed by atoms with Gasteiger partial charge in [0.15, 0.2) is 5.82 Å². The standard InChI is InChI=1S/C27H35N5O3S/c1-8-19-10-11-21(20(9-2)16-19)28-25-22(17(3)4)24-23(18(5)32(6)30-24)29-26(25)31-36(33,34)27(12-13-27)14-15-35-7/h9-11,16,28H,2-3,8,12-15H2,1,4-7H3,(H,29,31). The Kier molecular flexibility index (Phi) is 6.99. The van der Waals surface area contributed by atoms with Crippen molar-refractivity contribution < 1.29 is 13.2 Å². The van der Waals surface area contributed by atoms with Crippen LogP contribution in [0.5, 0.6) is 0 Å². The molecule has 1 saturated carbocycles. The van der Waals surface area contributed by atoms with Gasteiger partial charge >= 0.3 is 0 Å². The van der Waals surface area contributed by atoms with Crippen LogP contribution in [0.3, 0.4) is 0 Å². The van der Waals surface area contributed by atoms with E-state index in [1.807, 2.05) is 33.0 Å². The summed E-state index contributed by atoms with van der Waals surface area (Å²) < 4.78 is 36.2. The Morgan fingerprint density at radius 1 is 1.31 bits per heavy atom. The molecule has 3 aromatic rings. The van der Waals surface area contributed by atoms with E-state index in [0.29, 0.717) is 42.6 Å². The molecular formula is C27H35N5O3S. The largest absolute Gasteiger partial charge is 0.385 e. The third-order valence-electron chi connectivity index (χ3n) is 7.05. The van der Waals surface area contributed by atoms with Gasteiger partial charge in [-0.25, -0.2) is 13.4 Å². The molecule has 0 radical (unpaired) electrons. The van der Waals surface area contributed by atoms with Crippen molar-refractivity contribution in [3.05, 3.63) is 53.7 Å². The van der Waals surface area contributed by atoms with Crippen molar-refractivity contribution in [2.24, 2.45) is 7.05 Å². The predicted molar refractivity (Wildman–Crippen MR) is 148 cm³/mol. The van der Waals surface area contributed by atoms with Crippen LogP contribution in [-0.2, 0) is 28.2 Å². The number of hydrogen-bond acceptors (Lipinski definition) is 6. The maximum Gasteiger partial charge on any atom is 0.239 e. The molecule has 0 bridgehead atoms. The van der Waals surface area contributed by atoms with Crippen molar-refractivity contribution in [2.45, 2.75) is 51.2 Å². The zero-order valence-corrected chi connectivity index (χ0v) is 22.6. The minimum absolute atomic E-state index is 0.231. The van der Waals surface area contributed by atoms with E-state index in [1.54, 1.807) is 17.9 Å². The van der Waals surface area contributed by atoms with Gasteiger partial charge in [0.25, 0.3) is 0 Å². The molecule has 1 aromatic carbocycles. The molecule has 0 aliphatic heterocycles. The molecule has 0 unspecified atom stereocenters. The van der Waals surface area contributed by atoms with Gasteiger partial charge in [0, 0.05) is 32.0 Å². The van der Waals surface area contributed by atoms with Crippen molar-refractivity contribution in [1.29, 1.82) is 0 Å². The summed E-state index contributed by atoms with van der Waals surface area (Å²) in [4.78, 5) is 4.80. The Hall–Kier alpha value is -3.17. The summed E-state index contributed by atoms with van der Waals surface area (Å²) in [6.45, 7) is 14.4. The lowest BCUT2D eigenvalue weighted by atomic mass is 10.0. The number of aromatic nitrogens is 3. The first-order valence-electron chi connectivity index (χ1n) is 12.1. The van der Waals surface area contributed by atoms with E-state index in [9.17, 15) is 8.42 Å². The van der Waals surface area contributed by atoms with E-state index in [2.05, 4.69) is 41.3 Å². The predicted octanol–water partition coefficient (Wildman–Crippen LogP) is 5.57. The van der Waals surface area contributed by atoms with Gasteiger partial charge in [-0.2, -0.15) is 5.10 Å². The van der Waals surface area contributed by atoms with Crippen molar-refractivity contribution in [3.8, 4) is 0 Å². The summed E-state index contributed by atoms with van der Waals surface area (Å²) in [5, 5.41) is 8.14. The number of pyridine rings is 1. The molecular weight excluding hydrogens is 474 g/mol. The highest BCUT2D eigenvalue weighted by molar-refractivity contribution is 7.94. The highest BCUT2D eigenvalue weighted by Gasteiger charge is 2.54. The first kappa shape index (κ1) is 25.9. The first-order valence-corrected chi connectivity index (χ1v) is 13.6. The van der Waals surface area contributed by atoms with Crippen LogP contribution in [0.2, 0.25) is 0 Å². The summed E-state index contributed by atoms with van der Waals surface area (Å²) in [6.07, 6.45) is 4.30. The summed E-state index contributed by atoms with van der Waals surface area (Å²) in [7, 11) is -0.313. The molecule has 0 saturated heterocycles. The number of sulfonamides is 1. The minimum atomic E-state index is -3.74. The fourth-order valence-corrected chi connectivity index (χ4v) is 6.09. The molecule has 0 spiro atoms. The number of anilines is 3. The third-order valence-corrected chi connectivity index (χ3v) is 9.27. The number of fused-ring (bicyclic) bond motifs is 1. The van der Waals surface area contributed by atoms with Gasteiger partial charge in [0.2, 0.25) is 10.0 Å². The Balaban J connectivity index is 1.92. The normalized spacial score (nSPS) is 14.6. The van der Waals surface area contributed by atoms with Crippen LogP contribution in [0, 0.1) is 6.92 Å². The van der Waals surface area contributed by atoms with E-state index in [-0.39, 0.29) is 5.82 Å². The summed E-state index contributed by atoms with van der Waals surface area (Å²) in [5.41, 5.74) is 6.99. The highest BCUT2D eigenvalue weighted by atomic mass is 32.2. The van der Waals surface area contributed by atoms with Crippen LogP contribution in [0.4, 0.5) is 17.2 Å². The number of nitrogens with zero attached hydrogens (tertiary/aromatic N) is 3. The van der Waals surface area contributed by atoms with Crippen LogP contribution in [-0.4, -0.2) is 41.6 Å². The van der Waals surface area contributed by atoms with E-state index in [1.165, 1.54) is 5.56 Å². The molecule has 1 fully saturated rings. The van der Waals surface area contributed by atoms with Gasteiger partial charge in [-0.15, -0.1) is 0 Å². The van der Waals surface area contributed by atoms with Crippen LogP contribution in [0.1, 0.15) is 55.5 Å². The van der Waals surface area contributed by atoms with Crippen molar-refractivity contribution in [3.63, 3.8) is 0 Å². The molecule has 192 valence electrons. The second kappa shape index (κ2) is 9.71. The number of methoxy groups -OCH3 is 1. The molecule has 8 nitrogen and oxygen atoms in total. The van der Waals surface area contributed by atoms with E-state index < -0.39 is 14.8 Å². The van der Waals surface area contributed by atoms with E-state index >= 15 is 0 Å². The number of nitrogens with one attached hydrogen (secondary N) is 2. The lowest BCUT2D eigenvalue weighted by molar-refractivity contribution is 0.192. The van der Waals surface area contributed by atoms with Crippen LogP contribution < -0.4 is 10.0 Å². The zero-order chi connectivity index (χ0) is 26.3. The highest BCUT2D eigenvalue weighted by Crippen LogP contribution is 2.48. The lowest BCUT2D eigenvalue weighted by Crippen LogP contribution is -2.31. The van der Waals surface area contributed by atoms with E-state index in [0.717, 1.165) is 34.5 Å². The van der Waals surface area contributed by atoms with E-state index in [4.69, 9.17) is 9.72 Å². The average Bonchev–Trinajstić information content (AvgIpc) is 3.60. The Morgan fingerprint density at radius 2 is 2.03 bits per heavy atom. The smallest absolute Gasteiger partial charge is 0.239 e. The molecule has 1 aliphatic carbocycles. The maximum atomic E-state index is 13.6. The monoisotopic (exact) mass is 509 g/mol. The minimum Gasteiger partial charge on any atom is -0.385 e. The van der Waals surface area contributed by atoms with Gasteiger partial charge in [-0.3, -0.25) is 9.40 Å². The van der Waals surface area contributed by atoms with Gasteiger partial charge < -0.3 is 10.1 Å². The number of hydrogen-bond donors (Lipinski definition) is 2. The zero-order valence-electron chi connectivity index (χ0n) is 21.7. The average molecular weight is 510 g/mol. The van der Waals surface area contributed by atoms with Gasteiger partial charge in [0.05, 0.1) is 16.1 Å². The molecule has 2 heterocycles. The molecule has 9 heteroatoms. The first-order chi connectivity index (χ1) is 17.1. The maximum absolute atomic E-state index is 13.6. The summed E-state index contributed by atoms with van der Waals surface area (Å²) in [5.74, 6) is 0.231. The molecule has 0 amide bonds. The van der Waals surface area contributed by atoms with Gasteiger partial charge in [-0.05, 0) is 68.4 Å². The molecule has 0 atom stereocenters. The van der Waals surface area contributed by atoms with Crippen LogP contribution in [0.25, 0.3) is 22.7 Å². The second-order valence-corrected chi connectivity index (χ2v) is 11.6. The summed E-state index contributed by atoms with van der Waals surface area (Å²) >= 11 is 0. The number of aryl methyl sites for hydroxylation is 3. The SMILES string of the molecule is C=Cc1cc(CC)ccc1Nc1c(NS(=O)(=O)C2(CCOC)CC2)nc2c(C)n(C)nc2c1C(=C)C. The molecule has 4 rings (SSSR count). The molecule has 36 heavy (non-hydrogen) atoms. The van der Waals surface area contributed by atoms with Gasteiger partial charge in [-0.1, -0.05) is 32.2 Å². The van der Waals surface area contributed by atoms with Crippen molar-refractivity contribution in [1.82, 2.24) is 14.8 Å². The molecule has 2 aromatic heterocycles. The topological polar surface area (TPSA) is 98.1 Å². The Labute approximate surface area is 213 Å². The number of ether oxygens (including phenoxy) is 1. The van der Waals surface area contributed by atoms with Gasteiger partial charge in [0.1, 0.15) is 11.0 Å². The number of allylic oxidation sites excluding steroid dienone is 1. The lowest BCUT2D eigenvalue weighted by Gasteiger charge is -2.22. The fraction of sp³-hybridized carbons (Fsp3) is 0.407. The number of rotatable bonds is 11. The summed E-state index contributed by atoms with van der Waals surface area (Å²) in [6, 6.07) is 6.09. The van der Waals surface area contributed by atoms with Crippen LogP contribution >= 0.6 is 0 Å². The second-order valence-electron chi connectivity index (χ2n) is 9.53. The van der Waals surface area contributed by atoms with Crippen molar-refractivity contribution in [2.75, 3.05) is 23.8 Å². The fourth-order valence-electron chi connectivity index (χ4n) is 4.48.